The highest BCUT2D eigenvalue weighted by Crippen LogP contribution is 2.19. The van der Waals surface area contributed by atoms with E-state index < -0.39 is 0 Å². The van der Waals surface area contributed by atoms with Gasteiger partial charge in [0.05, 0.1) is 7.11 Å². The molecule has 1 saturated heterocycles. The summed E-state index contributed by atoms with van der Waals surface area (Å²) < 4.78 is 5.37. The quantitative estimate of drug-likeness (QED) is 0.894. The molecular weight excluding hydrogens is 236 g/mol. The third kappa shape index (κ3) is 3.87. The number of hydrogen-bond acceptors (Lipinski definition) is 3. The van der Waals surface area contributed by atoms with Gasteiger partial charge in [-0.1, -0.05) is 18.2 Å². The zero-order valence-electron chi connectivity index (χ0n) is 10.5. The lowest BCUT2D eigenvalue weighted by Gasteiger charge is -2.32. The first-order valence-electron chi connectivity index (χ1n) is 5.87. The highest BCUT2D eigenvalue weighted by molar-refractivity contribution is 5.85. The van der Waals surface area contributed by atoms with E-state index in [1.165, 1.54) is 5.56 Å². The fourth-order valence-corrected chi connectivity index (χ4v) is 2.23. The van der Waals surface area contributed by atoms with Gasteiger partial charge in [-0.05, 0) is 13.0 Å². The van der Waals surface area contributed by atoms with E-state index in [9.17, 15) is 0 Å². The van der Waals surface area contributed by atoms with Crippen molar-refractivity contribution in [3.05, 3.63) is 29.8 Å². The smallest absolute Gasteiger partial charge is 0.123 e. The molecule has 1 heterocycles. The third-order valence-corrected chi connectivity index (χ3v) is 3.04. The maximum absolute atomic E-state index is 5.37. The monoisotopic (exact) mass is 256 g/mol. The largest absolute Gasteiger partial charge is 0.496 e. The second kappa shape index (κ2) is 6.84. The maximum atomic E-state index is 5.37. The summed E-state index contributed by atoms with van der Waals surface area (Å²) in [4.78, 5) is 2.47. The van der Waals surface area contributed by atoms with Gasteiger partial charge in [0.1, 0.15) is 5.75 Å². The molecule has 1 aromatic carbocycles. The molecule has 2 rings (SSSR count). The standard InChI is InChI=1S/C13H20N2O.ClH/c1-11-9-15(8-7-14-11)10-12-5-3-4-6-13(12)16-2;/h3-6,11,14H,7-10H2,1-2H3;1H/t11-;/m0./s1. The van der Waals surface area contributed by atoms with Crippen molar-refractivity contribution in [3.63, 3.8) is 0 Å². The molecule has 3 nitrogen and oxygen atoms in total. The molecule has 17 heavy (non-hydrogen) atoms. The van der Waals surface area contributed by atoms with Crippen molar-refractivity contribution in [2.24, 2.45) is 0 Å². The summed E-state index contributed by atoms with van der Waals surface area (Å²) in [5.41, 5.74) is 1.28. The molecular formula is C13H21ClN2O. The van der Waals surface area contributed by atoms with Crippen molar-refractivity contribution in [2.45, 2.75) is 19.5 Å². The number of para-hydroxylation sites is 1. The number of ether oxygens (including phenoxy) is 1. The molecule has 1 N–H and O–H groups in total. The number of rotatable bonds is 3. The zero-order chi connectivity index (χ0) is 11.4. The van der Waals surface area contributed by atoms with E-state index in [0.717, 1.165) is 31.9 Å². The summed E-state index contributed by atoms with van der Waals surface area (Å²) in [7, 11) is 1.74. The summed E-state index contributed by atoms with van der Waals surface area (Å²) >= 11 is 0. The molecule has 0 spiro atoms. The van der Waals surface area contributed by atoms with Gasteiger partial charge < -0.3 is 10.1 Å². The normalized spacial score (nSPS) is 20.7. The van der Waals surface area contributed by atoms with Gasteiger partial charge in [0.15, 0.2) is 0 Å². The van der Waals surface area contributed by atoms with Crippen LogP contribution in [0.25, 0.3) is 0 Å². The minimum atomic E-state index is 0. The van der Waals surface area contributed by atoms with Gasteiger partial charge in [-0.25, -0.2) is 0 Å². The first-order valence-corrected chi connectivity index (χ1v) is 5.87. The molecule has 1 aromatic rings. The Hall–Kier alpha value is -0.770. The van der Waals surface area contributed by atoms with Crippen LogP contribution in [0.15, 0.2) is 24.3 Å². The Labute approximate surface area is 110 Å². The zero-order valence-corrected chi connectivity index (χ0v) is 11.3. The minimum Gasteiger partial charge on any atom is -0.496 e. The average Bonchev–Trinajstić information content (AvgIpc) is 2.30. The van der Waals surface area contributed by atoms with Crippen LogP contribution in [0, 0.1) is 0 Å². The average molecular weight is 257 g/mol. The van der Waals surface area contributed by atoms with Crippen LogP contribution in [-0.2, 0) is 6.54 Å². The van der Waals surface area contributed by atoms with Gasteiger partial charge in [0, 0.05) is 37.8 Å². The first kappa shape index (κ1) is 14.3. The van der Waals surface area contributed by atoms with Crippen LogP contribution < -0.4 is 10.1 Å². The number of piperazine rings is 1. The van der Waals surface area contributed by atoms with Crippen LogP contribution in [0.4, 0.5) is 0 Å². The molecule has 0 bridgehead atoms. The topological polar surface area (TPSA) is 24.5 Å². The third-order valence-electron chi connectivity index (χ3n) is 3.04. The van der Waals surface area contributed by atoms with Gasteiger partial charge in [-0.3, -0.25) is 4.90 Å². The van der Waals surface area contributed by atoms with E-state index in [0.29, 0.717) is 6.04 Å². The highest BCUT2D eigenvalue weighted by atomic mass is 35.5. The first-order chi connectivity index (χ1) is 7.79. The minimum absolute atomic E-state index is 0. The van der Waals surface area contributed by atoms with Crippen molar-refractivity contribution in [2.75, 3.05) is 26.7 Å². The Kier molecular flexibility index (Phi) is 5.75. The van der Waals surface area contributed by atoms with Crippen LogP contribution in [0.5, 0.6) is 5.75 Å². The van der Waals surface area contributed by atoms with Crippen molar-refractivity contribution in [1.82, 2.24) is 10.2 Å². The number of nitrogens with one attached hydrogen (secondary N) is 1. The Morgan fingerprint density at radius 1 is 1.41 bits per heavy atom. The second-order valence-electron chi connectivity index (χ2n) is 4.40. The van der Waals surface area contributed by atoms with Gasteiger partial charge in [0.2, 0.25) is 0 Å². The summed E-state index contributed by atoms with van der Waals surface area (Å²) in [6.07, 6.45) is 0. The van der Waals surface area contributed by atoms with Crippen LogP contribution in [0.2, 0.25) is 0 Å². The molecule has 0 aliphatic carbocycles. The second-order valence-corrected chi connectivity index (χ2v) is 4.40. The summed E-state index contributed by atoms with van der Waals surface area (Å²) in [6, 6.07) is 8.85. The van der Waals surface area contributed by atoms with E-state index in [2.05, 4.69) is 29.3 Å². The van der Waals surface area contributed by atoms with E-state index in [1.807, 2.05) is 12.1 Å². The van der Waals surface area contributed by atoms with E-state index >= 15 is 0 Å². The molecule has 1 atom stereocenters. The molecule has 0 radical (unpaired) electrons. The van der Waals surface area contributed by atoms with Crippen LogP contribution >= 0.6 is 12.4 Å². The predicted molar refractivity (Wildman–Crippen MR) is 73.0 cm³/mol. The van der Waals surface area contributed by atoms with Crippen molar-refractivity contribution in [1.29, 1.82) is 0 Å². The lowest BCUT2D eigenvalue weighted by Crippen LogP contribution is -2.48. The molecule has 96 valence electrons. The molecule has 1 aliphatic rings. The van der Waals surface area contributed by atoms with Gasteiger partial charge in [-0.15, -0.1) is 12.4 Å². The predicted octanol–water partition coefficient (Wildman–Crippen LogP) is 1.91. The fraction of sp³-hybridized carbons (Fsp3) is 0.538. The highest BCUT2D eigenvalue weighted by Gasteiger charge is 2.16. The van der Waals surface area contributed by atoms with Crippen molar-refractivity contribution in [3.8, 4) is 5.75 Å². The van der Waals surface area contributed by atoms with E-state index in [-0.39, 0.29) is 12.4 Å². The van der Waals surface area contributed by atoms with E-state index in [1.54, 1.807) is 7.11 Å². The van der Waals surface area contributed by atoms with Crippen LogP contribution in [0.3, 0.4) is 0 Å². The number of nitrogens with zero attached hydrogens (tertiary/aromatic N) is 1. The molecule has 1 fully saturated rings. The molecule has 0 unspecified atom stereocenters. The maximum Gasteiger partial charge on any atom is 0.123 e. The van der Waals surface area contributed by atoms with Crippen molar-refractivity contribution < 1.29 is 4.74 Å². The van der Waals surface area contributed by atoms with Crippen LogP contribution in [-0.4, -0.2) is 37.7 Å². The molecule has 4 heteroatoms. The molecule has 0 saturated carbocycles. The Balaban J connectivity index is 0.00000144. The van der Waals surface area contributed by atoms with Gasteiger partial charge >= 0.3 is 0 Å². The van der Waals surface area contributed by atoms with Crippen LogP contribution in [0.1, 0.15) is 12.5 Å². The summed E-state index contributed by atoms with van der Waals surface area (Å²) in [5, 5.41) is 3.45. The lowest BCUT2D eigenvalue weighted by molar-refractivity contribution is 0.197. The molecule has 0 aromatic heterocycles. The van der Waals surface area contributed by atoms with Crippen molar-refractivity contribution >= 4 is 12.4 Å². The molecule has 0 amide bonds. The van der Waals surface area contributed by atoms with E-state index in [4.69, 9.17) is 4.74 Å². The lowest BCUT2D eigenvalue weighted by atomic mass is 10.1. The number of benzene rings is 1. The Morgan fingerprint density at radius 3 is 2.88 bits per heavy atom. The number of methoxy groups -OCH3 is 1. The molecule has 1 aliphatic heterocycles. The van der Waals surface area contributed by atoms with Gasteiger partial charge in [0.25, 0.3) is 0 Å². The number of hydrogen-bond donors (Lipinski definition) is 1. The SMILES string of the molecule is COc1ccccc1CN1CCN[C@@H](C)C1.Cl. The fourth-order valence-electron chi connectivity index (χ4n) is 2.23. The van der Waals surface area contributed by atoms with Gasteiger partial charge in [-0.2, -0.15) is 0 Å². The summed E-state index contributed by atoms with van der Waals surface area (Å²) in [6.45, 7) is 6.52. The summed E-state index contributed by atoms with van der Waals surface area (Å²) in [5.74, 6) is 0.994. The Morgan fingerprint density at radius 2 is 2.18 bits per heavy atom. The number of halogens is 1. The Bertz CT molecular complexity index is 346.